The summed E-state index contributed by atoms with van der Waals surface area (Å²) in [5.74, 6) is -0.917. The molecule has 34 heavy (non-hydrogen) atoms. The van der Waals surface area contributed by atoms with Gasteiger partial charge in [0.25, 0.3) is 11.8 Å². The van der Waals surface area contributed by atoms with E-state index in [1.807, 2.05) is 0 Å². The summed E-state index contributed by atoms with van der Waals surface area (Å²) < 4.78 is 10.5. The number of methoxy groups -OCH3 is 1. The number of hydrogen-bond acceptors (Lipinski definition) is 6. The van der Waals surface area contributed by atoms with E-state index in [4.69, 9.17) is 44.6 Å². The van der Waals surface area contributed by atoms with Crippen LogP contribution in [0, 0.1) is 0 Å². The molecular formula is C24H16Cl2N2O5S. The predicted octanol–water partition coefficient (Wildman–Crippen LogP) is 5.21. The molecule has 0 spiro atoms. The first-order chi connectivity index (χ1) is 16.2. The van der Waals surface area contributed by atoms with Crippen LogP contribution in [0.1, 0.15) is 16.1 Å². The monoisotopic (exact) mass is 514 g/mol. The van der Waals surface area contributed by atoms with Crippen molar-refractivity contribution in [1.82, 2.24) is 4.90 Å². The van der Waals surface area contributed by atoms with E-state index in [1.54, 1.807) is 42.5 Å². The third-order valence-electron chi connectivity index (χ3n) is 5.11. The van der Waals surface area contributed by atoms with Crippen LogP contribution in [0.25, 0.3) is 17.4 Å². The van der Waals surface area contributed by atoms with E-state index in [9.17, 15) is 14.4 Å². The smallest absolute Gasteiger partial charge is 0.337 e. The Bertz CT molecular complexity index is 1360. The van der Waals surface area contributed by atoms with Gasteiger partial charge in [-0.2, -0.15) is 0 Å². The number of ether oxygens (including phenoxy) is 1. The van der Waals surface area contributed by atoms with Crippen LogP contribution in [-0.4, -0.2) is 42.0 Å². The van der Waals surface area contributed by atoms with Crippen LogP contribution in [0.2, 0.25) is 10.0 Å². The summed E-state index contributed by atoms with van der Waals surface area (Å²) in [7, 11) is 2.75. The lowest BCUT2D eigenvalue weighted by Crippen LogP contribution is -2.54. The number of anilines is 1. The quantitative estimate of drug-likeness (QED) is 0.205. The largest absolute Gasteiger partial charge is 0.465 e. The van der Waals surface area contributed by atoms with E-state index in [-0.39, 0.29) is 10.7 Å². The Morgan fingerprint density at radius 3 is 2.35 bits per heavy atom. The van der Waals surface area contributed by atoms with Crippen molar-refractivity contribution < 1.29 is 23.5 Å². The summed E-state index contributed by atoms with van der Waals surface area (Å²) in [6, 6.07) is 14.5. The Hall–Kier alpha value is -3.46. The minimum Gasteiger partial charge on any atom is -0.465 e. The first kappa shape index (κ1) is 23.7. The van der Waals surface area contributed by atoms with Crippen molar-refractivity contribution in [2.45, 2.75) is 0 Å². The molecular weight excluding hydrogens is 499 g/mol. The van der Waals surface area contributed by atoms with Gasteiger partial charge in [-0.05, 0) is 72.9 Å². The average molecular weight is 515 g/mol. The molecule has 0 atom stereocenters. The zero-order chi connectivity index (χ0) is 24.6. The van der Waals surface area contributed by atoms with Crippen LogP contribution in [-0.2, 0) is 14.3 Å². The van der Waals surface area contributed by atoms with Crippen LogP contribution in [0.5, 0.6) is 0 Å². The Balaban J connectivity index is 1.68. The fourth-order valence-electron chi connectivity index (χ4n) is 3.31. The van der Waals surface area contributed by atoms with Gasteiger partial charge in [-0.1, -0.05) is 23.2 Å². The zero-order valence-electron chi connectivity index (χ0n) is 17.9. The molecule has 0 aliphatic carbocycles. The minimum atomic E-state index is -0.619. The maximum absolute atomic E-state index is 13.3. The molecule has 1 aliphatic rings. The maximum Gasteiger partial charge on any atom is 0.337 e. The standard InChI is InChI=1S/C24H16Cl2N2O5S/c1-27-21(29)17(12-16-8-10-20(33-16)14-5-9-18(25)19(26)11-14)22(30)28(24(27)34)15-6-3-13(4-7-15)23(31)32-2/h3-12H,1-2H3. The molecule has 3 aromatic rings. The lowest BCUT2D eigenvalue weighted by atomic mass is 10.1. The van der Waals surface area contributed by atoms with Crippen LogP contribution < -0.4 is 4.90 Å². The second kappa shape index (κ2) is 9.42. The van der Waals surface area contributed by atoms with E-state index in [0.29, 0.717) is 38.4 Å². The van der Waals surface area contributed by atoms with Crippen LogP contribution >= 0.6 is 35.4 Å². The highest BCUT2D eigenvalue weighted by Crippen LogP contribution is 2.31. The molecule has 0 N–H and O–H groups in total. The molecule has 7 nitrogen and oxygen atoms in total. The highest BCUT2D eigenvalue weighted by molar-refractivity contribution is 7.80. The predicted molar refractivity (Wildman–Crippen MR) is 133 cm³/mol. The third kappa shape index (κ3) is 4.35. The van der Waals surface area contributed by atoms with E-state index >= 15 is 0 Å². The summed E-state index contributed by atoms with van der Waals surface area (Å²) in [6.45, 7) is 0. The molecule has 1 fully saturated rings. The second-order valence-corrected chi connectivity index (χ2v) is 8.39. The number of carbonyl (C=O) groups excluding carboxylic acids is 3. The van der Waals surface area contributed by atoms with Gasteiger partial charge in [-0.15, -0.1) is 0 Å². The third-order valence-corrected chi connectivity index (χ3v) is 6.31. The topological polar surface area (TPSA) is 80.1 Å². The number of furan rings is 1. The van der Waals surface area contributed by atoms with Crippen molar-refractivity contribution in [3.8, 4) is 11.3 Å². The number of likely N-dealkylation sites (N-methyl/N-ethyl adjacent to an activating group) is 1. The summed E-state index contributed by atoms with van der Waals surface area (Å²) >= 11 is 17.4. The summed E-state index contributed by atoms with van der Waals surface area (Å²) in [6.07, 6.45) is 1.36. The SMILES string of the molecule is COC(=O)c1ccc(N2C(=O)C(=Cc3ccc(-c4ccc(Cl)c(Cl)c4)o3)C(=O)N(C)C2=S)cc1. The van der Waals surface area contributed by atoms with Gasteiger partial charge in [0.1, 0.15) is 17.1 Å². The molecule has 0 radical (unpaired) electrons. The lowest BCUT2D eigenvalue weighted by molar-refractivity contribution is -0.127. The molecule has 1 saturated heterocycles. The van der Waals surface area contributed by atoms with Crippen molar-refractivity contribution in [3.63, 3.8) is 0 Å². The molecule has 172 valence electrons. The highest BCUT2D eigenvalue weighted by atomic mass is 35.5. The zero-order valence-corrected chi connectivity index (χ0v) is 20.2. The normalized spacial score (nSPS) is 15.3. The number of hydrogen-bond donors (Lipinski definition) is 0. The highest BCUT2D eigenvalue weighted by Gasteiger charge is 2.38. The first-order valence-corrected chi connectivity index (χ1v) is 11.0. The Morgan fingerprint density at radius 1 is 1.00 bits per heavy atom. The molecule has 2 amide bonds. The van der Waals surface area contributed by atoms with Gasteiger partial charge >= 0.3 is 5.97 Å². The van der Waals surface area contributed by atoms with E-state index < -0.39 is 17.8 Å². The maximum atomic E-state index is 13.3. The van der Waals surface area contributed by atoms with E-state index in [1.165, 1.54) is 42.2 Å². The Morgan fingerprint density at radius 2 is 1.71 bits per heavy atom. The van der Waals surface area contributed by atoms with Crippen LogP contribution in [0.15, 0.2) is 64.6 Å². The first-order valence-electron chi connectivity index (χ1n) is 9.83. The van der Waals surface area contributed by atoms with Crippen LogP contribution in [0.4, 0.5) is 5.69 Å². The molecule has 0 bridgehead atoms. The van der Waals surface area contributed by atoms with Gasteiger partial charge in [-0.3, -0.25) is 19.4 Å². The summed E-state index contributed by atoms with van der Waals surface area (Å²) in [4.78, 5) is 40.3. The van der Waals surface area contributed by atoms with Gasteiger partial charge in [-0.25, -0.2) is 4.79 Å². The number of halogens is 2. The number of nitrogens with zero attached hydrogens (tertiary/aromatic N) is 2. The molecule has 0 unspecified atom stereocenters. The molecule has 1 aromatic heterocycles. The van der Waals surface area contributed by atoms with Crippen molar-refractivity contribution in [2.24, 2.45) is 0 Å². The Kier molecular flexibility index (Phi) is 6.56. The summed E-state index contributed by atoms with van der Waals surface area (Å²) in [5.41, 5.74) is 1.25. The fourth-order valence-corrected chi connectivity index (χ4v) is 3.88. The summed E-state index contributed by atoms with van der Waals surface area (Å²) in [5, 5.41) is 0.794. The number of rotatable bonds is 4. The molecule has 2 heterocycles. The second-order valence-electron chi connectivity index (χ2n) is 7.21. The van der Waals surface area contributed by atoms with Crippen molar-refractivity contribution in [1.29, 1.82) is 0 Å². The molecule has 2 aromatic carbocycles. The number of carbonyl (C=O) groups is 3. The fraction of sp³-hybridized carbons (Fsp3) is 0.0833. The van der Waals surface area contributed by atoms with Crippen molar-refractivity contribution >= 4 is 70.1 Å². The van der Waals surface area contributed by atoms with Gasteiger partial charge < -0.3 is 9.15 Å². The minimum absolute atomic E-state index is 0.00825. The number of amides is 2. The lowest BCUT2D eigenvalue weighted by Gasteiger charge is -2.34. The van der Waals surface area contributed by atoms with Gasteiger partial charge in [0.05, 0.1) is 28.4 Å². The Labute approximate surface area is 210 Å². The molecule has 4 rings (SSSR count). The van der Waals surface area contributed by atoms with Crippen molar-refractivity contribution in [3.05, 3.63) is 81.5 Å². The molecule has 1 aliphatic heterocycles. The van der Waals surface area contributed by atoms with Gasteiger partial charge in [0.15, 0.2) is 5.11 Å². The average Bonchev–Trinajstić information content (AvgIpc) is 3.31. The van der Waals surface area contributed by atoms with E-state index in [0.717, 1.165) is 0 Å². The number of esters is 1. The molecule has 0 saturated carbocycles. The van der Waals surface area contributed by atoms with Crippen LogP contribution in [0.3, 0.4) is 0 Å². The van der Waals surface area contributed by atoms with Crippen molar-refractivity contribution in [2.75, 3.05) is 19.1 Å². The van der Waals surface area contributed by atoms with Gasteiger partial charge in [0.2, 0.25) is 0 Å². The van der Waals surface area contributed by atoms with Gasteiger partial charge in [0, 0.05) is 12.6 Å². The molecule has 10 heteroatoms. The van der Waals surface area contributed by atoms with E-state index in [2.05, 4.69) is 0 Å². The number of benzene rings is 2. The number of thiocarbonyl (C=S) groups is 1.